The van der Waals surface area contributed by atoms with Gasteiger partial charge in [0.05, 0.1) is 32.6 Å². The smallest absolute Gasteiger partial charge is 0.449 e. The predicted molar refractivity (Wildman–Crippen MR) is 217 cm³/mol. The minimum absolute atomic E-state index is 0.0109. The summed E-state index contributed by atoms with van der Waals surface area (Å²) in [5.74, 6) is -76.3. The van der Waals surface area contributed by atoms with Crippen LogP contribution in [0.3, 0.4) is 0 Å². The number of hydrogen-bond donors (Lipinski definition) is 2. The highest BCUT2D eigenvalue weighted by atomic mass is 19.4. The molecule has 1 rings (SSSR count). The Labute approximate surface area is 431 Å². The molecule has 1 aromatic heterocycles. The maximum atomic E-state index is 13.9. The summed E-state index contributed by atoms with van der Waals surface area (Å²) >= 11 is 0. The number of aliphatic imine (C=N–C) groups is 1. The monoisotopic (exact) mass is 1230 g/mol. The number of carbonyl (C=O) groups is 2. The summed E-state index contributed by atoms with van der Waals surface area (Å²) in [5.41, 5.74) is -3.24. The molecule has 0 saturated heterocycles. The fourth-order valence-electron chi connectivity index (χ4n) is 6.56. The van der Waals surface area contributed by atoms with Crippen molar-refractivity contribution in [1.82, 2.24) is 24.3 Å². The van der Waals surface area contributed by atoms with Gasteiger partial charge in [-0.15, -0.1) is 0 Å². The van der Waals surface area contributed by atoms with Gasteiger partial charge in [0, 0.05) is 32.7 Å². The number of alkyl carbamates (subject to hydrolysis) is 2. The number of amides is 2. The molecule has 0 aliphatic heterocycles. The van der Waals surface area contributed by atoms with E-state index in [1.165, 1.54) is 6.08 Å². The molecule has 0 spiro atoms. The van der Waals surface area contributed by atoms with Crippen LogP contribution in [0.1, 0.15) is 89.9 Å². The van der Waals surface area contributed by atoms with Gasteiger partial charge in [-0.3, -0.25) is 0 Å². The van der Waals surface area contributed by atoms with E-state index in [1.54, 1.807) is 0 Å². The molecule has 2 amide bonds. The van der Waals surface area contributed by atoms with E-state index < -0.39 is 140 Å². The highest BCUT2D eigenvalue weighted by molar-refractivity contribution is 5.67. The molecule has 40 heteroatoms. The quantitative estimate of drug-likeness (QED) is 0.0293. The maximum absolute atomic E-state index is 13.9. The van der Waals surface area contributed by atoms with Gasteiger partial charge in [-0.2, -0.15) is 114 Å². The summed E-state index contributed by atoms with van der Waals surface area (Å²) in [6.07, 6.45) is -21.1. The van der Waals surface area contributed by atoms with E-state index >= 15 is 0 Å². The van der Waals surface area contributed by atoms with Crippen molar-refractivity contribution in [1.29, 1.82) is 0 Å². The van der Waals surface area contributed by atoms with Crippen molar-refractivity contribution in [2.45, 2.75) is 181 Å². The Bertz CT molecular complexity index is 2270. The van der Waals surface area contributed by atoms with E-state index in [1.807, 2.05) is 10.6 Å². The summed E-state index contributed by atoms with van der Waals surface area (Å²) in [5, 5.41) is 3.71. The number of carbonyl (C=O) groups excluding carboxylic acids is 3. The summed E-state index contributed by atoms with van der Waals surface area (Å²) in [6.45, 7) is -5.68. The second-order valence-electron chi connectivity index (χ2n) is 17.1. The first-order valence-corrected chi connectivity index (χ1v) is 22.9. The van der Waals surface area contributed by atoms with E-state index in [9.17, 15) is 143 Å². The van der Waals surface area contributed by atoms with Gasteiger partial charge < -0.3 is 20.1 Å². The first kappa shape index (κ1) is 72.5. The van der Waals surface area contributed by atoms with Crippen molar-refractivity contribution in [3.05, 3.63) is 31.5 Å². The SMILES string of the molecule is O=C=NCCCCCCn1c(=O)n(CCCCCCNC(=O)OCCC(F)(F)C(F)(F)C(F)(F)C(F)(F)C(F)(F)C(F)(F)F)c(=O)n(CCCCCCNC(=O)OCCC(F)(F)C(F)(F)C(F)(F)C(F)(F)C(F)(F)C(F)(F)F)c1=O. The van der Waals surface area contributed by atoms with E-state index in [0.29, 0.717) is 28.4 Å². The average Bonchev–Trinajstić information content (AvgIpc) is 3.31. The van der Waals surface area contributed by atoms with Crippen LogP contribution < -0.4 is 27.7 Å². The Morgan fingerprint density at radius 3 is 0.925 bits per heavy atom. The van der Waals surface area contributed by atoms with Crippen LogP contribution in [0.15, 0.2) is 19.4 Å². The van der Waals surface area contributed by atoms with Gasteiger partial charge in [0.1, 0.15) is 0 Å². The van der Waals surface area contributed by atoms with Gasteiger partial charge in [-0.1, -0.05) is 38.5 Å². The number of nitrogens with zero attached hydrogens (tertiary/aromatic N) is 4. The lowest BCUT2D eigenvalue weighted by atomic mass is 9.93. The number of rotatable bonds is 35. The van der Waals surface area contributed by atoms with Crippen LogP contribution in [0.5, 0.6) is 0 Å². The van der Waals surface area contributed by atoms with Crippen molar-refractivity contribution >= 4 is 18.3 Å². The van der Waals surface area contributed by atoms with Gasteiger partial charge in [0.2, 0.25) is 6.08 Å². The molecule has 0 fully saturated rings. The molecule has 0 unspecified atom stereocenters. The molecule has 0 aromatic carbocycles. The van der Waals surface area contributed by atoms with Gasteiger partial charge in [-0.25, -0.2) is 47.5 Å². The average molecular weight is 1230 g/mol. The molecule has 0 saturated carbocycles. The Morgan fingerprint density at radius 2 is 0.650 bits per heavy atom. The lowest BCUT2D eigenvalue weighted by molar-refractivity contribution is -0.440. The maximum Gasteiger partial charge on any atom is 0.460 e. The topological polar surface area (TPSA) is 172 Å². The lowest BCUT2D eigenvalue weighted by Gasteiger charge is -2.39. The molecular formula is C40H46F26N6O8. The number of ether oxygens (including phenoxy) is 2. The zero-order chi connectivity index (χ0) is 62.4. The summed E-state index contributed by atoms with van der Waals surface area (Å²) in [4.78, 5) is 77.2. The molecule has 14 nitrogen and oxygen atoms in total. The standard InChI is InChI=1S/C40H46F26N6O8/c41-29(42,31(45,46)33(49,50)35(53,54)37(57,58)39(61,62)63)13-21-79-24(74)68-16-8-2-5-11-19-71-26(76)70(18-10-4-1-7-15-67-23-73)27(77)72(28(71)78)20-12-6-3-9-17-69-25(75)80-22-14-30(43,44)32(47,48)34(51,52)36(55,56)38(59,60)40(64,65)66/h1-22H2,(H,68,74)(H,69,75). The number of halogens is 26. The van der Waals surface area contributed by atoms with Gasteiger partial charge in [0.25, 0.3) is 0 Å². The number of unbranched alkanes of at least 4 members (excludes halogenated alkanes) is 9. The van der Waals surface area contributed by atoms with Crippen LogP contribution in [0.25, 0.3) is 0 Å². The number of nitrogens with one attached hydrogen (secondary N) is 2. The van der Waals surface area contributed by atoms with Crippen LogP contribution in [0.2, 0.25) is 0 Å². The molecule has 1 aromatic rings. The Hall–Kier alpha value is -5.49. The second-order valence-corrected chi connectivity index (χ2v) is 17.1. The molecular weight excluding hydrogens is 1190 g/mol. The zero-order valence-corrected chi connectivity index (χ0v) is 40.4. The van der Waals surface area contributed by atoms with E-state index in [4.69, 9.17) is 0 Å². The normalized spacial score (nSPS) is 14.0. The molecule has 1 heterocycles. The fraction of sp³-hybridized carbons (Fsp3) is 0.850. The molecule has 0 aliphatic carbocycles. The molecule has 80 heavy (non-hydrogen) atoms. The van der Waals surface area contributed by atoms with E-state index in [0.717, 1.165) is 4.57 Å². The summed E-state index contributed by atoms with van der Waals surface area (Å²) in [6, 6.07) is 0. The third-order valence-electron chi connectivity index (χ3n) is 11.3. The molecule has 0 radical (unpaired) electrons. The fourth-order valence-corrected chi connectivity index (χ4v) is 6.56. The largest absolute Gasteiger partial charge is 0.460 e. The van der Waals surface area contributed by atoms with Crippen molar-refractivity contribution < 1.29 is 138 Å². The lowest BCUT2D eigenvalue weighted by Crippen LogP contribution is -2.70. The molecule has 0 aliphatic rings. The molecule has 466 valence electrons. The van der Waals surface area contributed by atoms with Gasteiger partial charge >= 0.3 is 101 Å². The predicted octanol–water partition coefficient (Wildman–Crippen LogP) is 10.9. The van der Waals surface area contributed by atoms with Crippen molar-refractivity contribution in [3.63, 3.8) is 0 Å². The highest BCUT2D eigenvalue weighted by Crippen LogP contribution is 2.62. The second kappa shape index (κ2) is 27.5. The Balaban J connectivity index is 2.85. The third kappa shape index (κ3) is 16.2. The molecule has 0 bridgehead atoms. The number of aromatic nitrogens is 3. The van der Waals surface area contributed by atoms with Crippen molar-refractivity contribution in [2.75, 3.05) is 32.8 Å². The van der Waals surface area contributed by atoms with Crippen LogP contribution in [-0.2, 0) is 33.9 Å². The first-order chi connectivity index (χ1) is 36.2. The van der Waals surface area contributed by atoms with Gasteiger partial charge in [-0.05, 0) is 38.5 Å². The molecule has 2 N–H and O–H groups in total. The number of isocyanates is 1. The van der Waals surface area contributed by atoms with Crippen LogP contribution in [-0.4, -0.2) is 136 Å². The minimum Gasteiger partial charge on any atom is -0.449 e. The highest BCUT2D eigenvalue weighted by Gasteiger charge is 2.92. The summed E-state index contributed by atoms with van der Waals surface area (Å²) in [7, 11) is 0. The zero-order valence-electron chi connectivity index (χ0n) is 40.4. The van der Waals surface area contributed by atoms with Crippen LogP contribution >= 0.6 is 0 Å². The van der Waals surface area contributed by atoms with Crippen LogP contribution in [0.4, 0.5) is 124 Å². The number of alkyl halides is 26. The Morgan fingerprint density at radius 1 is 0.388 bits per heavy atom. The molecule has 0 atom stereocenters. The first-order valence-electron chi connectivity index (χ1n) is 22.9. The number of hydrogen-bond acceptors (Lipinski definition) is 9. The third-order valence-corrected chi connectivity index (χ3v) is 11.3. The minimum atomic E-state index is -8.11. The van der Waals surface area contributed by atoms with E-state index in [2.05, 4.69) is 14.5 Å². The van der Waals surface area contributed by atoms with Crippen molar-refractivity contribution in [3.8, 4) is 0 Å². The Kier molecular flexibility index (Phi) is 24.9. The van der Waals surface area contributed by atoms with Crippen molar-refractivity contribution in [2.24, 2.45) is 4.99 Å². The van der Waals surface area contributed by atoms with Crippen LogP contribution in [0, 0.1) is 0 Å². The summed E-state index contributed by atoms with van der Waals surface area (Å²) < 4.78 is 355. The van der Waals surface area contributed by atoms with E-state index in [-0.39, 0.29) is 84.0 Å². The van der Waals surface area contributed by atoms with Gasteiger partial charge in [0.15, 0.2) is 0 Å².